The lowest BCUT2D eigenvalue weighted by molar-refractivity contribution is -0.149. The van der Waals surface area contributed by atoms with Gasteiger partial charge >= 0.3 is 5.97 Å². The first kappa shape index (κ1) is 16.3. The fourth-order valence-electron chi connectivity index (χ4n) is 2.35. The highest BCUT2D eigenvalue weighted by Gasteiger charge is 2.42. The minimum Gasteiger partial charge on any atom is -0.480 e. The summed E-state index contributed by atoms with van der Waals surface area (Å²) in [6, 6.07) is -0.885. The van der Waals surface area contributed by atoms with Crippen LogP contribution in [0.2, 0.25) is 0 Å². The molecule has 1 aliphatic rings. The van der Waals surface area contributed by atoms with Crippen LogP contribution >= 0.6 is 11.8 Å². The van der Waals surface area contributed by atoms with E-state index in [1.54, 1.807) is 11.8 Å². The van der Waals surface area contributed by atoms with E-state index in [1.807, 2.05) is 20.8 Å². The minimum absolute atomic E-state index is 0.0533. The van der Waals surface area contributed by atoms with Gasteiger partial charge in [-0.3, -0.25) is 4.79 Å². The summed E-state index contributed by atoms with van der Waals surface area (Å²) in [5.41, 5.74) is 5.89. The molecule has 1 heterocycles. The van der Waals surface area contributed by atoms with Crippen LogP contribution in [-0.2, 0) is 9.59 Å². The molecule has 3 N–H and O–H groups in total. The molecule has 19 heavy (non-hydrogen) atoms. The lowest BCUT2D eigenvalue weighted by Gasteiger charge is -2.30. The molecule has 0 bridgehead atoms. The van der Waals surface area contributed by atoms with Gasteiger partial charge in [0.1, 0.15) is 6.04 Å². The largest absolute Gasteiger partial charge is 0.480 e. The van der Waals surface area contributed by atoms with E-state index in [4.69, 9.17) is 5.73 Å². The van der Waals surface area contributed by atoms with E-state index < -0.39 is 12.0 Å². The normalized spacial score (nSPS) is 24.8. The Morgan fingerprint density at radius 1 is 1.47 bits per heavy atom. The highest BCUT2D eigenvalue weighted by molar-refractivity contribution is 8.00. The first-order valence-electron chi connectivity index (χ1n) is 6.79. The molecule has 0 aromatic heterocycles. The number of carboxylic acids is 1. The van der Waals surface area contributed by atoms with E-state index in [0.717, 1.165) is 12.8 Å². The molecule has 0 aromatic carbocycles. The number of nitrogens with two attached hydrogens (primary N) is 1. The summed E-state index contributed by atoms with van der Waals surface area (Å²) in [6.45, 7) is 6.04. The third-order valence-corrected chi connectivity index (χ3v) is 4.90. The molecule has 0 aliphatic carbocycles. The fourth-order valence-corrected chi connectivity index (χ4v) is 3.84. The van der Waals surface area contributed by atoms with Gasteiger partial charge in [-0.05, 0) is 12.3 Å². The summed E-state index contributed by atoms with van der Waals surface area (Å²) in [6.07, 6.45) is 1.96. The van der Waals surface area contributed by atoms with Gasteiger partial charge < -0.3 is 15.7 Å². The number of amides is 1. The van der Waals surface area contributed by atoms with Gasteiger partial charge in [-0.2, -0.15) is 0 Å². The summed E-state index contributed by atoms with van der Waals surface area (Å²) in [4.78, 5) is 25.1. The number of thioether (sulfide) groups is 1. The molecule has 1 aliphatic heterocycles. The fraction of sp³-hybridized carbons (Fsp3) is 0.846. The van der Waals surface area contributed by atoms with Gasteiger partial charge in [-0.25, -0.2) is 4.79 Å². The quantitative estimate of drug-likeness (QED) is 0.774. The number of rotatable bonds is 6. The molecule has 110 valence electrons. The molecule has 0 aromatic rings. The van der Waals surface area contributed by atoms with Crippen LogP contribution in [0.1, 0.15) is 40.0 Å². The molecule has 1 amide bonds. The van der Waals surface area contributed by atoms with Crippen LogP contribution in [0.15, 0.2) is 0 Å². The first-order chi connectivity index (χ1) is 8.88. The second kappa shape index (κ2) is 7.14. The van der Waals surface area contributed by atoms with Crippen LogP contribution in [0.25, 0.3) is 0 Å². The Morgan fingerprint density at radius 3 is 2.58 bits per heavy atom. The van der Waals surface area contributed by atoms with Gasteiger partial charge in [0.05, 0.1) is 5.37 Å². The zero-order valence-corrected chi connectivity index (χ0v) is 12.7. The van der Waals surface area contributed by atoms with Crippen molar-refractivity contribution in [3.8, 4) is 0 Å². The van der Waals surface area contributed by atoms with Crippen LogP contribution in [0.3, 0.4) is 0 Å². The van der Waals surface area contributed by atoms with E-state index in [2.05, 4.69) is 0 Å². The maximum absolute atomic E-state index is 12.3. The third kappa shape index (κ3) is 4.11. The highest BCUT2D eigenvalue weighted by Crippen LogP contribution is 2.34. The average Bonchev–Trinajstić information content (AvgIpc) is 2.73. The lowest BCUT2D eigenvalue weighted by Crippen LogP contribution is -2.48. The summed E-state index contributed by atoms with van der Waals surface area (Å²) in [7, 11) is 0. The minimum atomic E-state index is -0.923. The van der Waals surface area contributed by atoms with E-state index in [1.165, 1.54) is 4.90 Å². The molecule has 1 saturated heterocycles. The molecule has 0 spiro atoms. The number of nitrogens with zero attached hydrogens (tertiary/aromatic N) is 1. The van der Waals surface area contributed by atoms with Gasteiger partial charge in [-0.1, -0.05) is 27.2 Å². The Balaban J connectivity index is 2.77. The second-order valence-corrected chi connectivity index (χ2v) is 6.53. The van der Waals surface area contributed by atoms with Crippen LogP contribution in [0, 0.1) is 5.92 Å². The molecule has 6 heteroatoms. The average molecular weight is 288 g/mol. The van der Waals surface area contributed by atoms with Gasteiger partial charge in [0.2, 0.25) is 5.91 Å². The maximum atomic E-state index is 12.3. The van der Waals surface area contributed by atoms with Gasteiger partial charge in [0.25, 0.3) is 0 Å². The van der Waals surface area contributed by atoms with Crippen molar-refractivity contribution >= 4 is 23.6 Å². The number of hydrogen-bond donors (Lipinski definition) is 2. The number of carbonyl (C=O) groups is 2. The van der Waals surface area contributed by atoms with E-state index >= 15 is 0 Å². The van der Waals surface area contributed by atoms with Crippen molar-refractivity contribution in [2.75, 3.05) is 5.75 Å². The molecular formula is C13H24N2O3S. The molecule has 1 rings (SSSR count). The number of carboxylic acid groups (broad SMARTS) is 1. The highest BCUT2D eigenvalue weighted by atomic mass is 32.2. The molecule has 1 fully saturated rings. The summed E-state index contributed by atoms with van der Waals surface area (Å²) in [5.74, 6) is -0.349. The second-order valence-electron chi connectivity index (χ2n) is 5.38. The smallest absolute Gasteiger partial charge is 0.327 e. The molecule has 3 atom stereocenters. The van der Waals surface area contributed by atoms with Crippen molar-refractivity contribution < 1.29 is 14.7 Å². The third-order valence-electron chi connectivity index (χ3n) is 3.27. The Labute approximate surface area is 118 Å². The number of aliphatic carboxylic acids is 1. The Bertz CT molecular complexity index is 336. The number of hydrogen-bond acceptors (Lipinski definition) is 4. The van der Waals surface area contributed by atoms with Gasteiger partial charge in [0.15, 0.2) is 0 Å². The summed E-state index contributed by atoms with van der Waals surface area (Å²) in [5, 5.41) is 9.18. The van der Waals surface area contributed by atoms with Crippen LogP contribution < -0.4 is 5.73 Å². The number of carbonyl (C=O) groups excluding carboxylic acids is 1. The Morgan fingerprint density at radius 2 is 2.11 bits per heavy atom. The predicted octanol–water partition coefficient (Wildman–Crippen LogP) is 1.51. The predicted molar refractivity (Wildman–Crippen MR) is 76.9 cm³/mol. The first-order valence-corrected chi connectivity index (χ1v) is 7.84. The van der Waals surface area contributed by atoms with Gasteiger partial charge in [0, 0.05) is 18.2 Å². The van der Waals surface area contributed by atoms with E-state index in [-0.39, 0.29) is 29.7 Å². The van der Waals surface area contributed by atoms with Crippen molar-refractivity contribution in [3.05, 3.63) is 0 Å². The van der Waals surface area contributed by atoms with E-state index in [0.29, 0.717) is 5.75 Å². The van der Waals surface area contributed by atoms with Crippen molar-refractivity contribution in [2.24, 2.45) is 11.7 Å². The monoisotopic (exact) mass is 288 g/mol. The molecule has 3 unspecified atom stereocenters. The zero-order chi connectivity index (χ0) is 14.6. The SMILES string of the molecule is CCCC(N)CC(=O)N1C(C(=O)O)CSC1C(C)C. The molecular weight excluding hydrogens is 264 g/mol. The van der Waals surface area contributed by atoms with Gasteiger partial charge in [-0.15, -0.1) is 11.8 Å². The van der Waals surface area contributed by atoms with Crippen molar-refractivity contribution in [1.29, 1.82) is 0 Å². The molecule has 0 saturated carbocycles. The lowest BCUT2D eigenvalue weighted by atomic mass is 10.1. The van der Waals surface area contributed by atoms with Crippen molar-refractivity contribution in [1.82, 2.24) is 4.90 Å². The van der Waals surface area contributed by atoms with Crippen LogP contribution in [0.4, 0.5) is 0 Å². The topological polar surface area (TPSA) is 83.6 Å². The maximum Gasteiger partial charge on any atom is 0.327 e. The Hall–Kier alpha value is -0.750. The molecule has 5 nitrogen and oxygen atoms in total. The van der Waals surface area contributed by atoms with Crippen molar-refractivity contribution in [3.63, 3.8) is 0 Å². The Kier molecular flexibility index (Phi) is 6.13. The standard InChI is InChI=1S/C13H24N2O3S/c1-4-5-9(14)6-11(16)15-10(13(17)18)7-19-12(15)8(2)3/h8-10,12H,4-7,14H2,1-3H3,(H,17,18). The summed E-state index contributed by atoms with van der Waals surface area (Å²) < 4.78 is 0. The van der Waals surface area contributed by atoms with Crippen LogP contribution in [-0.4, -0.2) is 45.1 Å². The van der Waals surface area contributed by atoms with Crippen molar-refractivity contribution in [2.45, 2.75) is 57.5 Å². The molecule has 0 radical (unpaired) electrons. The summed E-state index contributed by atoms with van der Waals surface area (Å²) >= 11 is 1.55. The zero-order valence-electron chi connectivity index (χ0n) is 11.8. The van der Waals surface area contributed by atoms with E-state index in [9.17, 15) is 14.7 Å². The van der Waals surface area contributed by atoms with Crippen LogP contribution in [0.5, 0.6) is 0 Å².